The minimum atomic E-state index is -0.998. The van der Waals surface area contributed by atoms with Crippen LogP contribution in [0.4, 0.5) is 0 Å². The molecule has 1 aromatic heterocycles. The number of hydrogen-bond donors (Lipinski definition) is 2. The van der Waals surface area contributed by atoms with E-state index < -0.39 is 17.6 Å². The Balaban J connectivity index is -0.000000393. The number of carbonyl (C=O) groups excluding carboxylic acids is 2. The molecule has 136 valence electrons. The molecule has 0 aliphatic rings. The average Bonchev–Trinajstić information content (AvgIpc) is 2.47. The van der Waals surface area contributed by atoms with Crippen molar-refractivity contribution >= 4 is 11.9 Å². The molecule has 10 heteroatoms. The Bertz CT molecular complexity index is 622. The van der Waals surface area contributed by atoms with Crippen molar-refractivity contribution in [2.24, 2.45) is 0 Å². The summed E-state index contributed by atoms with van der Waals surface area (Å²) in [6.45, 7) is 3.34. The first-order chi connectivity index (χ1) is 11.2. The Hall–Kier alpha value is -0.380. The summed E-state index contributed by atoms with van der Waals surface area (Å²) in [5, 5.41) is 20.1. The Labute approximate surface area is 196 Å². The van der Waals surface area contributed by atoms with Crippen molar-refractivity contribution in [3.63, 3.8) is 0 Å². The van der Waals surface area contributed by atoms with E-state index in [-0.39, 0.29) is 77.5 Å². The molecule has 0 aromatic carbocycles. The molecular weight excluding hydrogens is 362 g/mol. The normalized spacial score (nSPS) is 9.15. The fourth-order valence-electron chi connectivity index (χ4n) is 1.91. The molecular formula is C16H24N2Na2O6. The van der Waals surface area contributed by atoms with E-state index in [1.54, 1.807) is 13.8 Å². The van der Waals surface area contributed by atoms with E-state index in [0.29, 0.717) is 24.1 Å². The van der Waals surface area contributed by atoms with Gasteiger partial charge in [-0.05, 0) is 39.5 Å². The first-order valence-electron chi connectivity index (χ1n) is 7.93. The Morgan fingerprint density at radius 1 is 0.769 bits per heavy atom. The number of hydrogen-bond acceptors (Lipinski definition) is 6. The molecule has 0 spiro atoms. The zero-order valence-corrected chi connectivity index (χ0v) is 20.1. The summed E-state index contributed by atoms with van der Waals surface area (Å²) >= 11 is 0. The molecule has 0 aliphatic carbocycles. The van der Waals surface area contributed by atoms with Crippen molar-refractivity contribution in [3.05, 3.63) is 32.1 Å². The van der Waals surface area contributed by atoms with E-state index in [1.165, 1.54) is 0 Å². The smallest absolute Gasteiger partial charge is 0.550 e. The number of aromatic nitrogens is 2. The number of carboxylic acid groups (broad SMARTS) is 2. The van der Waals surface area contributed by atoms with Crippen molar-refractivity contribution in [3.8, 4) is 0 Å². The van der Waals surface area contributed by atoms with Gasteiger partial charge in [0.15, 0.2) is 0 Å². The molecule has 1 aromatic rings. The van der Waals surface area contributed by atoms with E-state index in [4.69, 9.17) is 0 Å². The number of H-pyrrole nitrogens is 2. The minimum Gasteiger partial charge on any atom is -0.550 e. The van der Waals surface area contributed by atoms with Crippen LogP contribution >= 0.6 is 0 Å². The molecule has 0 saturated heterocycles. The van der Waals surface area contributed by atoms with Crippen molar-refractivity contribution in [2.75, 3.05) is 0 Å². The summed E-state index contributed by atoms with van der Waals surface area (Å²) < 4.78 is 0. The second-order valence-electron chi connectivity index (χ2n) is 5.52. The van der Waals surface area contributed by atoms with Crippen LogP contribution in [0.15, 0.2) is 9.59 Å². The van der Waals surface area contributed by atoms with E-state index in [0.717, 1.165) is 25.7 Å². The van der Waals surface area contributed by atoms with Gasteiger partial charge in [0.05, 0.1) is 0 Å². The van der Waals surface area contributed by atoms with Crippen molar-refractivity contribution < 1.29 is 78.9 Å². The molecule has 1 rings (SSSR count). The van der Waals surface area contributed by atoms with Crippen LogP contribution in [0.2, 0.25) is 0 Å². The van der Waals surface area contributed by atoms with Gasteiger partial charge in [0.2, 0.25) is 0 Å². The van der Waals surface area contributed by atoms with E-state index >= 15 is 0 Å². The molecule has 0 amide bonds. The number of rotatable bonds is 9. The molecule has 0 aliphatic heterocycles. The van der Waals surface area contributed by atoms with Crippen molar-refractivity contribution in [2.45, 2.75) is 65.2 Å². The molecule has 0 fully saturated rings. The maximum atomic E-state index is 10.8. The van der Waals surface area contributed by atoms with Gasteiger partial charge in [-0.15, -0.1) is 0 Å². The van der Waals surface area contributed by atoms with Gasteiger partial charge in [-0.3, -0.25) is 9.78 Å². The summed E-state index contributed by atoms with van der Waals surface area (Å²) in [6.07, 6.45) is 5.23. The minimum absolute atomic E-state index is 0. The number of nitrogens with one attached hydrogen (secondary N) is 2. The summed E-state index contributed by atoms with van der Waals surface area (Å²) in [5.74, 6) is -2.00. The van der Waals surface area contributed by atoms with Gasteiger partial charge in [-0.25, -0.2) is 4.79 Å². The standard InChI is InChI=1S/C10H18O4.C6H8N2O2.2Na/c11-9(12)7-5-3-1-2-4-6-8-10(13)14;1-3-4(2)7-6(10)8-5(3)9;;/h1-8H2,(H,11,12)(H,13,14);1-2H3,(H2,7,8,9,10);;/q;;2*+1/p-2. The number of unbranched alkanes of at least 4 members (excludes halogenated alkanes) is 5. The van der Waals surface area contributed by atoms with Crippen LogP contribution < -0.4 is 80.6 Å². The van der Waals surface area contributed by atoms with E-state index in [1.807, 2.05) is 0 Å². The van der Waals surface area contributed by atoms with Crippen LogP contribution in [-0.2, 0) is 9.59 Å². The topological polar surface area (TPSA) is 146 Å². The van der Waals surface area contributed by atoms with E-state index in [2.05, 4.69) is 9.97 Å². The second-order valence-corrected chi connectivity index (χ2v) is 5.52. The van der Waals surface area contributed by atoms with Gasteiger partial charge in [0.1, 0.15) is 0 Å². The number of carbonyl (C=O) groups is 2. The van der Waals surface area contributed by atoms with Crippen molar-refractivity contribution in [1.29, 1.82) is 0 Å². The Morgan fingerprint density at radius 2 is 1.15 bits per heavy atom. The van der Waals surface area contributed by atoms with Crippen LogP contribution in [-0.4, -0.2) is 21.9 Å². The fourth-order valence-corrected chi connectivity index (χ4v) is 1.91. The first kappa shape index (κ1) is 30.4. The maximum absolute atomic E-state index is 10.8. The van der Waals surface area contributed by atoms with Gasteiger partial charge in [0.25, 0.3) is 5.56 Å². The third-order valence-electron chi connectivity index (χ3n) is 3.44. The number of aryl methyl sites for hydroxylation is 1. The van der Waals surface area contributed by atoms with Gasteiger partial charge < -0.3 is 24.8 Å². The van der Waals surface area contributed by atoms with Gasteiger partial charge in [-0.2, -0.15) is 0 Å². The summed E-state index contributed by atoms with van der Waals surface area (Å²) in [5.41, 5.74) is 0.405. The quantitative estimate of drug-likeness (QED) is 0.319. The molecule has 0 saturated carbocycles. The fraction of sp³-hybridized carbons (Fsp3) is 0.625. The first-order valence-corrected chi connectivity index (χ1v) is 7.93. The van der Waals surface area contributed by atoms with Crippen molar-refractivity contribution in [1.82, 2.24) is 9.97 Å². The Kier molecular flexibility index (Phi) is 21.0. The average molecular weight is 386 g/mol. The number of carboxylic acids is 2. The van der Waals surface area contributed by atoms with E-state index in [9.17, 15) is 29.4 Å². The molecule has 8 nitrogen and oxygen atoms in total. The third kappa shape index (κ3) is 17.1. The summed E-state index contributed by atoms with van der Waals surface area (Å²) in [6, 6.07) is 0. The predicted octanol–water partition coefficient (Wildman–Crippen LogP) is -6.70. The largest absolute Gasteiger partial charge is 1.00 e. The molecule has 26 heavy (non-hydrogen) atoms. The van der Waals surface area contributed by atoms with Crippen LogP contribution in [0.3, 0.4) is 0 Å². The predicted molar refractivity (Wildman–Crippen MR) is 84.1 cm³/mol. The molecule has 0 unspecified atom stereocenters. The Morgan fingerprint density at radius 3 is 1.50 bits per heavy atom. The zero-order valence-electron chi connectivity index (χ0n) is 16.1. The summed E-state index contributed by atoms with van der Waals surface area (Å²) in [7, 11) is 0. The number of aliphatic carboxylic acids is 2. The van der Waals surface area contributed by atoms with Gasteiger partial charge in [0, 0.05) is 23.2 Å². The van der Waals surface area contributed by atoms with Crippen LogP contribution in [0.1, 0.15) is 62.6 Å². The van der Waals surface area contributed by atoms with Gasteiger partial charge >= 0.3 is 64.8 Å². The second kappa shape index (κ2) is 18.0. The van der Waals surface area contributed by atoms with Crippen LogP contribution in [0.25, 0.3) is 0 Å². The maximum Gasteiger partial charge on any atom is 1.00 e. The zero-order chi connectivity index (χ0) is 18.5. The summed E-state index contributed by atoms with van der Waals surface area (Å²) in [4.78, 5) is 46.0. The number of aromatic amines is 2. The van der Waals surface area contributed by atoms with Crippen LogP contribution in [0.5, 0.6) is 0 Å². The SMILES string of the molecule is Cc1[nH]c(=O)[nH]c(=O)c1C.O=C([O-])CCCCCCCCC(=O)[O-].[Na+].[Na+]. The van der Waals surface area contributed by atoms with Crippen LogP contribution in [0, 0.1) is 13.8 Å². The molecule has 1 heterocycles. The third-order valence-corrected chi connectivity index (χ3v) is 3.44. The monoisotopic (exact) mass is 386 g/mol. The van der Waals surface area contributed by atoms with Gasteiger partial charge in [-0.1, -0.05) is 25.7 Å². The molecule has 2 N–H and O–H groups in total. The molecule has 0 radical (unpaired) electrons. The molecule has 0 bridgehead atoms. The molecule has 0 atom stereocenters.